The highest BCUT2D eigenvalue weighted by atomic mass is 16.5. The van der Waals surface area contributed by atoms with E-state index in [2.05, 4.69) is 23.1 Å². The molecule has 0 spiro atoms. The van der Waals surface area contributed by atoms with Gasteiger partial charge in [-0.3, -0.25) is 0 Å². The Bertz CT molecular complexity index is 624. The van der Waals surface area contributed by atoms with Gasteiger partial charge in [0.15, 0.2) is 0 Å². The molecule has 2 aromatic carbocycles. The van der Waals surface area contributed by atoms with Crippen molar-refractivity contribution in [3.05, 3.63) is 53.6 Å². The minimum Gasteiger partial charge on any atom is -0.492 e. The van der Waals surface area contributed by atoms with Gasteiger partial charge in [-0.25, -0.2) is 0 Å². The zero-order valence-electron chi connectivity index (χ0n) is 12.5. The second-order valence-corrected chi connectivity index (χ2v) is 5.61. The molecule has 1 aliphatic rings. The van der Waals surface area contributed by atoms with Crippen LogP contribution in [0.2, 0.25) is 0 Å². The first kappa shape index (κ1) is 13.8. The molecule has 0 saturated carbocycles. The molecule has 0 unspecified atom stereocenters. The van der Waals surface area contributed by atoms with E-state index in [9.17, 15) is 0 Å². The number of para-hydroxylation sites is 2. The van der Waals surface area contributed by atoms with Crippen molar-refractivity contribution in [2.75, 3.05) is 30.8 Å². The van der Waals surface area contributed by atoms with E-state index >= 15 is 0 Å². The van der Waals surface area contributed by atoms with Crippen LogP contribution in [0.15, 0.2) is 42.5 Å². The number of nitrogens with zero attached hydrogens (tertiary/aromatic N) is 1. The number of aryl methyl sites for hydroxylation is 2. The van der Waals surface area contributed by atoms with Crippen LogP contribution in [0, 0.1) is 0 Å². The van der Waals surface area contributed by atoms with Crippen LogP contribution < -0.4 is 15.4 Å². The predicted molar refractivity (Wildman–Crippen MR) is 88.1 cm³/mol. The highest BCUT2D eigenvalue weighted by Gasteiger charge is 2.11. The number of nitrogen functional groups attached to an aromatic ring is 1. The number of rotatable bonds is 5. The van der Waals surface area contributed by atoms with Crippen LogP contribution in [-0.4, -0.2) is 20.2 Å². The third-order valence-corrected chi connectivity index (χ3v) is 4.11. The number of anilines is 2. The van der Waals surface area contributed by atoms with Gasteiger partial charge in [0.1, 0.15) is 12.4 Å². The summed E-state index contributed by atoms with van der Waals surface area (Å²) in [6, 6.07) is 14.4. The molecule has 0 fully saturated rings. The minimum atomic E-state index is 0.656. The molecule has 2 N–H and O–H groups in total. The summed E-state index contributed by atoms with van der Waals surface area (Å²) in [5.74, 6) is 0.977. The standard InChI is InChI=1S/C18H22N2O/c1-20(18-8-3-2-7-17(18)19)11-12-21-16-10-9-14-5-4-6-15(14)13-16/h2-3,7-10,13H,4-6,11-12,19H2,1H3. The third-order valence-electron chi connectivity index (χ3n) is 4.11. The van der Waals surface area contributed by atoms with Gasteiger partial charge in [0.2, 0.25) is 0 Å². The molecule has 0 aliphatic heterocycles. The quantitative estimate of drug-likeness (QED) is 0.855. The summed E-state index contributed by atoms with van der Waals surface area (Å²) in [6.07, 6.45) is 3.67. The van der Waals surface area contributed by atoms with Crippen molar-refractivity contribution in [2.24, 2.45) is 0 Å². The molecule has 2 aromatic rings. The molecular formula is C18H22N2O. The summed E-state index contributed by atoms with van der Waals surface area (Å²) in [5.41, 5.74) is 10.8. The van der Waals surface area contributed by atoms with E-state index in [1.165, 1.54) is 30.4 Å². The largest absolute Gasteiger partial charge is 0.492 e. The Morgan fingerprint density at radius 1 is 1.10 bits per heavy atom. The second kappa shape index (κ2) is 6.08. The summed E-state index contributed by atoms with van der Waals surface area (Å²) >= 11 is 0. The molecule has 3 heteroatoms. The lowest BCUT2D eigenvalue weighted by Gasteiger charge is -2.21. The van der Waals surface area contributed by atoms with Gasteiger partial charge in [0, 0.05) is 7.05 Å². The molecule has 0 aromatic heterocycles. The molecule has 0 bridgehead atoms. The van der Waals surface area contributed by atoms with Crippen molar-refractivity contribution in [2.45, 2.75) is 19.3 Å². The van der Waals surface area contributed by atoms with Gasteiger partial charge >= 0.3 is 0 Å². The molecule has 0 atom stereocenters. The fourth-order valence-electron chi connectivity index (χ4n) is 2.89. The summed E-state index contributed by atoms with van der Waals surface area (Å²) < 4.78 is 5.88. The van der Waals surface area contributed by atoms with Crippen LogP contribution in [0.1, 0.15) is 17.5 Å². The Balaban J connectivity index is 1.55. The van der Waals surface area contributed by atoms with E-state index in [1.54, 1.807) is 0 Å². The number of hydrogen-bond acceptors (Lipinski definition) is 3. The second-order valence-electron chi connectivity index (χ2n) is 5.61. The Hall–Kier alpha value is -2.16. The van der Waals surface area contributed by atoms with E-state index in [0.717, 1.165) is 23.7 Å². The van der Waals surface area contributed by atoms with Crippen molar-refractivity contribution in [1.29, 1.82) is 0 Å². The number of fused-ring (bicyclic) bond motifs is 1. The topological polar surface area (TPSA) is 38.5 Å². The average molecular weight is 282 g/mol. The Labute approximate surface area is 126 Å². The normalized spacial score (nSPS) is 13.0. The molecule has 110 valence electrons. The first-order valence-corrected chi connectivity index (χ1v) is 7.54. The number of likely N-dealkylation sites (N-methyl/N-ethyl adjacent to an activating group) is 1. The Morgan fingerprint density at radius 2 is 1.90 bits per heavy atom. The van der Waals surface area contributed by atoms with Crippen molar-refractivity contribution in [3.8, 4) is 5.75 Å². The molecule has 0 radical (unpaired) electrons. The molecule has 3 rings (SSSR count). The summed E-state index contributed by atoms with van der Waals surface area (Å²) in [4.78, 5) is 2.13. The molecule has 0 amide bonds. The van der Waals surface area contributed by atoms with Crippen molar-refractivity contribution >= 4 is 11.4 Å². The van der Waals surface area contributed by atoms with Crippen LogP contribution in [0.4, 0.5) is 11.4 Å². The fourth-order valence-corrected chi connectivity index (χ4v) is 2.89. The lowest BCUT2D eigenvalue weighted by Crippen LogP contribution is -2.24. The summed E-state index contributed by atoms with van der Waals surface area (Å²) in [6.45, 7) is 1.47. The van der Waals surface area contributed by atoms with Gasteiger partial charge in [0.05, 0.1) is 17.9 Å². The number of nitrogens with two attached hydrogens (primary N) is 1. The van der Waals surface area contributed by atoms with Crippen LogP contribution in [0.5, 0.6) is 5.75 Å². The maximum atomic E-state index is 5.98. The van der Waals surface area contributed by atoms with E-state index in [4.69, 9.17) is 10.5 Å². The van der Waals surface area contributed by atoms with E-state index < -0.39 is 0 Å². The van der Waals surface area contributed by atoms with E-state index in [-0.39, 0.29) is 0 Å². The maximum Gasteiger partial charge on any atom is 0.119 e. The van der Waals surface area contributed by atoms with E-state index in [1.807, 2.05) is 31.3 Å². The highest BCUT2D eigenvalue weighted by molar-refractivity contribution is 5.66. The fraction of sp³-hybridized carbons (Fsp3) is 0.333. The van der Waals surface area contributed by atoms with Crippen molar-refractivity contribution in [1.82, 2.24) is 0 Å². The molecule has 3 nitrogen and oxygen atoms in total. The maximum absolute atomic E-state index is 5.98. The molecule has 0 saturated heterocycles. The van der Waals surface area contributed by atoms with Gasteiger partial charge in [-0.15, -0.1) is 0 Å². The third kappa shape index (κ3) is 3.13. The molecule has 1 aliphatic carbocycles. The lowest BCUT2D eigenvalue weighted by atomic mass is 10.1. The van der Waals surface area contributed by atoms with Crippen LogP contribution in [-0.2, 0) is 12.8 Å². The Morgan fingerprint density at radius 3 is 2.76 bits per heavy atom. The van der Waals surface area contributed by atoms with Gasteiger partial charge in [-0.1, -0.05) is 18.2 Å². The van der Waals surface area contributed by atoms with Crippen LogP contribution >= 0.6 is 0 Å². The van der Waals surface area contributed by atoms with Gasteiger partial charge in [-0.05, 0) is 54.7 Å². The van der Waals surface area contributed by atoms with E-state index in [0.29, 0.717) is 6.61 Å². The summed E-state index contributed by atoms with van der Waals surface area (Å²) in [7, 11) is 2.04. The van der Waals surface area contributed by atoms with Gasteiger partial charge < -0.3 is 15.4 Å². The van der Waals surface area contributed by atoms with Crippen LogP contribution in [0.25, 0.3) is 0 Å². The average Bonchev–Trinajstić information content (AvgIpc) is 2.95. The highest BCUT2D eigenvalue weighted by Crippen LogP contribution is 2.26. The molecule has 0 heterocycles. The van der Waals surface area contributed by atoms with Gasteiger partial charge in [0.25, 0.3) is 0 Å². The lowest BCUT2D eigenvalue weighted by molar-refractivity contribution is 0.325. The zero-order valence-corrected chi connectivity index (χ0v) is 12.5. The number of hydrogen-bond donors (Lipinski definition) is 1. The monoisotopic (exact) mass is 282 g/mol. The first-order chi connectivity index (χ1) is 10.2. The predicted octanol–water partition coefficient (Wildman–Crippen LogP) is 3.27. The number of ether oxygens (including phenoxy) is 1. The van der Waals surface area contributed by atoms with Crippen LogP contribution in [0.3, 0.4) is 0 Å². The molecular weight excluding hydrogens is 260 g/mol. The zero-order chi connectivity index (χ0) is 14.7. The first-order valence-electron chi connectivity index (χ1n) is 7.54. The number of benzene rings is 2. The van der Waals surface area contributed by atoms with Crippen molar-refractivity contribution in [3.63, 3.8) is 0 Å². The Kier molecular flexibility index (Phi) is 4.00. The smallest absolute Gasteiger partial charge is 0.119 e. The molecule has 21 heavy (non-hydrogen) atoms. The minimum absolute atomic E-state index is 0.656. The van der Waals surface area contributed by atoms with Crippen molar-refractivity contribution < 1.29 is 4.74 Å². The summed E-state index contributed by atoms with van der Waals surface area (Å²) in [5, 5.41) is 0. The SMILES string of the molecule is CN(CCOc1ccc2c(c1)CCC2)c1ccccc1N. The van der Waals surface area contributed by atoms with Gasteiger partial charge in [-0.2, -0.15) is 0 Å².